The average Bonchev–Trinajstić information content (AvgIpc) is 3.46. The van der Waals surface area contributed by atoms with Gasteiger partial charge in [-0.15, -0.1) is 0 Å². The van der Waals surface area contributed by atoms with E-state index in [-0.39, 0.29) is 29.8 Å². The second kappa shape index (κ2) is 10.4. The monoisotopic (exact) mass is 496 g/mol. The lowest BCUT2D eigenvalue weighted by Gasteiger charge is -2.34. The largest absolute Gasteiger partial charge is 0.461 e. The summed E-state index contributed by atoms with van der Waals surface area (Å²) >= 11 is 0. The van der Waals surface area contributed by atoms with Gasteiger partial charge in [-0.1, -0.05) is 48.5 Å². The van der Waals surface area contributed by atoms with Gasteiger partial charge in [-0.2, -0.15) is 0 Å². The van der Waals surface area contributed by atoms with Gasteiger partial charge in [-0.05, 0) is 90.0 Å². The normalized spacial score (nSPS) is 22.0. The van der Waals surface area contributed by atoms with Crippen LogP contribution in [0.1, 0.15) is 43.7 Å². The zero-order valence-corrected chi connectivity index (χ0v) is 22.0. The first kappa shape index (κ1) is 25.1. The maximum Gasteiger partial charge on any atom is 0.302 e. The van der Waals surface area contributed by atoms with Gasteiger partial charge in [0.25, 0.3) is 0 Å². The molecule has 0 aromatic heterocycles. The third-order valence-electron chi connectivity index (χ3n) is 8.23. The Labute approximate surface area is 219 Å². The predicted octanol–water partition coefficient (Wildman–Crippen LogP) is 6.47. The number of ether oxygens (including phenoxy) is 1. The average molecular weight is 497 g/mol. The van der Waals surface area contributed by atoms with E-state index in [4.69, 9.17) is 4.74 Å². The van der Waals surface area contributed by atoms with Gasteiger partial charge in [0.2, 0.25) is 5.91 Å². The summed E-state index contributed by atoms with van der Waals surface area (Å²) in [5.74, 6) is 0.459. The van der Waals surface area contributed by atoms with Crippen molar-refractivity contribution in [3.63, 3.8) is 0 Å². The van der Waals surface area contributed by atoms with E-state index in [1.54, 1.807) is 0 Å². The van der Waals surface area contributed by atoms with Crippen molar-refractivity contribution >= 4 is 23.3 Å². The minimum absolute atomic E-state index is 0.0154. The van der Waals surface area contributed by atoms with Crippen LogP contribution in [0.15, 0.2) is 72.8 Å². The van der Waals surface area contributed by atoms with Crippen LogP contribution in [0.4, 0.5) is 11.4 Å². The van der Waals surface area contributed by atoms with E-state index >= 15 is 0 Å². The van der Waals surface area contributed by atoms with Crippen LogP contribution in [-0.2, 0) is 27.4 Å². The van der Waals surface area contributed by atoms with Crippen molar-refractivity contribution in [2.45, 2.75) is 45.6 Å². The van der Waals surface area contributed by atoms with Crippen LogP contribution in [0.5, 0.6) is 0 Å². The molecule has 2 fully saturated rings. The fourth-order valence-corrected chi connectivity index (χ4v) is 6.37. The lowest BCUT2D eigenvalue weighted by atomic mass is 9.70. The molecule has 5 heteroatoms. The van der Waals surface area contributed by atoms with E-state index in [1.807, 2.05) is 24.3 Å². The topological polar surface area (TPSA) is 58.6 Å². The van der Waals surface area contributed by atoms with Crippen LogP contribution in [0.3, 0.4) is 0 Å². The standard InChI is InChI=1S/C32H36N2O3/c1-22(35)37-21-25-5-4-6-28(17-25)33-31(36)30-18-24-15-16-32(30,20-24)19-23-7-9-26(10-8-23)27-11-13-29(14-12-27)34(2)3/h4-14,17,24,30H,15-16,18-21H2,1-3H3,(H,33,36). The first-order chi connectivity index (χ1) is 17.8. The maximum atomic E-state index is 13.5. The van der Waals surface area contributed by atoms with Gasteiger partial charge in [0.05, 0.1) is 0 Å². The summed E-state index contributed by atoms with van der Waals surface area (Å²) in [6.45, 7) is 1.61. The number of amides is 1. The first-order valence-electron chi connectivity index (χ1n) is 13.2. The predicted molar refractivity (Wildman–Crippen MR) is 148 cm³/mol. The first-order valence-corrected chi connectivity index (χ1v) is 13.2. The number of carbonyl (C=O) groups is 2. The lowest BCUT2D eigenvalue weighted by Crippen LogP contribution is -2.37. The molecule has 2 aliphatic carbocycles. The fraction of sp³-hybridized carbons (Fsp3) is 0.375. The Bertz CT molecular complexity index is 1270. The summed E-state index contributed by atoms with van der Waals surface area (Å²) in [6, 6.07) is 25.1. The molecule has 5 rings (SSSR count). The molecule has 37 heavy (non-hydrogen) atoms. The van der Waals surface area contributed by atoms with Crippen LogP contribution >= 0.6 is 0 Å². The molecule has 0 saturated heterocycles. The maximum absolute atomic E-state index is 13.5. The quantitative estimate of drug-likeness (QED) is 0.363. The van der Waals surface area contributed by atoms with Crippen molar-refractivity contribution in [1.29, 1.82) is 0 Å². The highest BCUT2D eigenvalue weighted by molar-refractivity contribution is 5.93. The van der Waals surface area contributed by atoms with Crippen molar-refractivity contribution in [1.82, 2.24) is 0 Å². The molecule has 3 atom stereocenters. The third-order valence-corrected chi connectivity index (χ3v) is 8.23. The Morgan fingerprint density at radius 3 is 2.32 bits per heavy atom. The Morgan fingerprint density at radius 1 is 0.973 bits per heavy atom. The summed E-state index contributed by atoms with van der Waals surface area (Å²) < 4.78 is 5.11. The van der Waals surface area contributed by atoms with Crippen LogP contribution in [0, 0.1) is 17.3 Å². The molecule has 2 aliphatic rings. The zero-order valence-electron chi connectivity index (χ0n) is 22.0. The number of benzene rings is 3. The highest BCUT2D eigenvalue weighted by atomic mass is 16.5. The minimum atomic E-state index is -0.311. The molecule has 192 valence electrons. The number of esters is 1. The number of rotatable bonds is 8. The summed E-state index contributed by atoms with van der Waals surface area (Å²) in [5, 5.41) is 3.17. The SMILES string of the molecule is CC(=O)OCc1cccc(NC(=O)C2CC3CCC2(Cc2ccc(-c4ccc(N(C)C)cc4)cc2)C3)c1. The Hall–Kier alpha value is -3.60. The number of carbonyl (C=O) groups excluding carboxylic acids is 2. The minimum Gasteiger partial charge on any atom is -0.461 e. The molecule has 3 unspecified atom stereocenters. The number of nitrogens with zero attached hydrogens (tertiary/aromatic N) is 1. The van der Waals surface area contributed by atoms with Gasteiger partial charge >= 0.3 is 5.97 Å². The number of anilines is 2. The Morgan fingerprint density at radius 2 is 1.68 bits per heavy atom. The molecule has 0 heterocycles. The van der Waals surface area contributed by atoms with Crippen molar-refractivity contribution in [3.8, 4) is 11.1 Å². The van der Waals surface area contributed by atoms with Gasteiger partial charge in [0, 0.05) is 38.3 Å². The molecular weight excluding hydrogens is 460 g/mol. The van der Waals surface area contributed by atoms with Crippen molar-refractivity contribution in [2.24, 2.45) is 17.3 Å². The summed E-state index contributed by atoms with van der Waals surface area (Å²) in [6.07, 6.45) is 5.36. The lowest BCUT2D eigenvalue weighted by molar-refractivity contribution is -0.142. The molecule has 5 nitrogen and oxygen atoms in total. The van der Waals surface area contributed by atoms with E-state index in [1.165, 1.54) is 35.7 Å². The molecule has 0 spiro atoms. The van der Waals surface area contributed by atoms with Gasteiger partial charge in [-0.25, -0.2) is 0 Å². The van der Waals surface area contributed by atoms with Crippen LogP contribution < -0.4 is 10.2 Å². The van der Waals surface area contributed by atoms with Gasteiger partial charge < -0.3 is 15.0 Å². The highest BCUT2D eigenvalue weighted by Gasteiger charge is 2.54. The van der Waals surface area contributed by atoms with E-state index in [9.17, 15) is 9.59 Å². The van der Waals surface area contributed by atoms with Gasteiger partial charge in [0.1, 0.15) is 6.61 Å². The number of fused-ring (bicyclic) bond motifs is 2. The molecular formula is C32H36N2O3. The van der Waals surface area contributed by atoms with E-state index < -0.39 is 0 Å². The number of hydrogen-bond donors (Lipinski definition) is 1. The summed E-state index contributed by atoms with van der Waals surface area (Å²) in [7, 11) is 4.10. The molecule has 1 amide bonds. The van der Waals surface area contributed by atoms with E-state index in [0.717, 1.165) is 36.9 Å². The molecule has 2 bridgehead atoms. The van der Waals surface area contributed by atoms with E-state index in [0.29, 0.717) is 5.92 Å². The highest BCUT2D eigenvalue weighted by Crippen LogP contribution is 2.59. The molecule has 0 aliphatic heterocycles. The van der Waals surface area contributed by atoms with E-state index in [2.05, 4.69) is 72.8 Å². The molecule has 0 radical (unpaired) electrons. The zero-order chi connectivity index (χ0) is 26.0. The van der Waals surface area contributed by atoms with Crippen molar-refractivity contribution in [3.05, 3.63) is 83.9 Å². The smallest absolute Gasteiger partial charge is 0.302 e. The molecule has 1 N–H and O–H groups in total. The second-order valence-corrected chi connectivity index (χ2v) is 11.0. The Balaban J connectivity index is 1.27. The molecule has 2 saturated carbocycles. The third kappa shape index (κ3) is 5.56. The van der Waals surface area contributed by atoms with Gasteiger partial charge in [0.15, 0.2) is 0 Å². The second-order valence-electron chi connectivity index (χ2n) is 11.0. The Kier molecular flexibility index (Phi) is 7.05. The fourth-order valence-electron chi connectivity index (χ4n) is 6.37. The summed E-state index contributed by atoms with van der Waals surface area (Å²) in [4.78, 5) is 26.7. The van der Waals surface area contributed by atoms with Crippen LogP contribution in [0.2, 0.25) is 0 Å². The van der Waals surface area contributed by atoms with Crippen molar-refractivity contribution < 1.29 is 14.3 Å². The van der Waals surface area contributed by atoms with Gasteiger partial charge in [-0.3, -0.25) is 9.59 Å². The summed E-state index contributed by atoms with van der Waals surface area (Å²) in [5.41, 5.74) is 6.58. The number of nitrogens with one attached hydrogen (secondary N) is 1. The van der Waals surface area contributed by atoms with Crippen LogP contribution in [-0.4, -0.2) is 26.0 Å². The molecule has 3 aromatic carbocycles. The van der Waals surface area contributed by atoms with Crippen LogP contribution in [0.25, 0.3) is 11.1 Å². The molecule has 3 aromatic rings. The number of hydrogen-bond acceptors (Lipinski definition) is 4. The van der Waals surface area contributed by atoms with Crippen molar-refractivity contribution in [2.75, 3.05) is 24.3 Å².